The summed E-state index contributed by atoms with van der Waals surface area (Å²) in [6, 6.07) is 0. The molecule has 1 saturated heterocycles. The van der Waals surface area contributed by atoms with Crippen molar-refractivity contribution in [2.75, 3.05) is 13.2 Å². The third-order valence-corrected chi connectivity index (χ3v) is 3.15. The van der Waals surface area contributed by atoms with Crippen LogP contribution >= 0.6 is 23.4 Å². The number of nitrogens with zero attached hydrogens (tertiary/aromatic N) is 2. The first kappa shape index (κ1) is 9.24. The highest BCUT2D eigenvalue weighted by atomic mass is 35.5. The second-order valence-corrected chi connectivity index (χ2v) is 4.48. The van der Waals surface area contributed by atoms with Crippen molar-refractivity contribution in [2.45, 2.75) is 11.0 Å². The summed E-state index contributed by atoms with van der Waals surface area (Å²) >= 11 is 7.46. The molecule has 0 N–H and O–H groups in total. The van der Waals surface area contributed by atoms with Crippen LogP contribution in [0.4, 0.5) is 0 Å². The van der Waals surface area contributed by atoms with Gasteiger partial charge in [-0.05, 0) is 0 Å². The van der Waals surface area contributed by atoms with Crippen molar-refractivity contribution in [3.63, 3.8) is 0 Å². The molecular weight excluding hydrogens is 208 g/mol. The Kier molecular flexibility index (Phi) is 3.03. The predicted molar refractivity (Wildman–Crippen MR) is 52.9 cm³/mol. The van der Waals surface area contributed by atoms with Gasteiger partial charge in [-0.2, -0.15) is 0 Å². The van der Waals surface area contributed by atoms with Crippen molar-refractivity contribution in [1.82, 2.24) is 9.97 Å². The van der Waals surface area contributed by atoms with E-state index >= 15 is 0 Å². The third kappa shape index (κ3) is 2.56. The van der Waals surface area contributed by atoms with E-state index in [2.05, 4.69) is 9.97 Å². The third-order valence-electron chi connectivity index (χ3n) is 1.75. The first-order chi connectivity index (χ1) is 6.34. The Morgan fingerprint density at radius 1 is 1.46 bits per heavy atom. The van der Waals surface area contributed by atoms with Gasteiger partial charge in [0.25, 0.3) is 0 Å². The Hall–Kier alpha value is -0.320. The highest BCUT2D eigenvalue weighted by Gasteiger charge is 2.18. The first-order valence-electron chi connectivity index (χ1n) is 4.00. The minimum atomic E-state index is 0.445. The number of thioether (sulfide) groups is 1. The number of ether oxygens (including phenoxy) is 1. The number of hydrogen-bond acceptors (Lipinski definition) is 4. The minimum Gasteiger partial charge on any atom is -0.379 e. The fourth-order valence-electron chi connectivity index (χ4n) is 0.927. The highest BCUT2D eigenvalue weighted by molar-refractivity contribution is 7.99. The Balaban J connectivity index is 1.83. The minimum absolute atomic E-state index is 0.445. The van der Waals surface area contributed by atoms with Crippen LogP contribution in [0.3, 0.4) is 0 Å². The lowest BCUT2D eigenvalue weighted by atomic mass is 10.4. The fraction of sp³-hybridized carbons (Fsp3) is 0.500. The Bertz CT molecular complexity index is 276. The second kappa shape index (κ2) is 4.26. The van der Waals surface area contributed by atoms with E-state index in [0.717, 1.165) is 24.7 Å². The molecule has 13 heavy (non-hydrogen) atoms. The van der Waals surface area contributed by atoms with Crippen LogP contribution in [0.1, 0.15) is 5.69 Å². The summed E-state index contributed by atoms with van der Waals surface area (Å²) in [5.74, 6) is 0.887. The largest absolute Gasteiger partial charge is 0.379 e. The molecule has 2 heterocycles. The summed E-state index contributed by atoms with van der Waals surface area (Å²) in [4.78, 5) is 8.11. The average molecular weight is 217 g/mol. The molecule has 2 rings (SSSR count). The van der Waals surface area contributed by atoms with Gasteiger partial charge in [0.05, 0.1) is 36.6 Å². The van der Waals surface area contributed by atoms with Crippen LogP contribution in [0.25, 0.3) is 0 Å². The zero-order valence-corrected chi connectivity index (χ0v) is 8.51. The molecule has 1 aromatic heterocycles. The van der Waals surface area contributed by atoms with Crippen molar-refractivity contribution in [3.05, 3.63) is 23.2 Å². The van der Waals surface area contributed by atoms with E-state index in [9.17, 15) is 0 Å². The van der Waals surface area contributed by atoms with Crippen molar-refractivity contribution in [2.24, 2.45) is 0 Å². The Morgan fingerprint density at radius 3 is 2.85 bits per heavy atom. The lowest BCUT2D eigenvalue weighted by Gasteiger charge is -2.24. The summed E-state index contributed by atoms with van der Waals surface area (Å²) < 4.78 is 5.06. The maximum absolute atomic E-state index is 5.61. The number of aromatic nitrogens is 2. The van der Waals surface area contributed by atoms with Gasteiger partial charge in [-0.1, -0.05) is 11.6 Å². The topological polar surface area (TPSA) is 35.0 Å². The van der Waals surface area contributed by atoms with Crippen molar-refractivity contribution in [1.29, 1.82) is 0 Å². The number of rotatable bonds is 3. The van der Waals surface area contributed by atoms with Gasteiger partial charge < -0.3 is 4.74 Å². The van der Waals surface area contributed by atoms with Crippen molar-refractivity contribution in [3.8, 4) is 0 Å². The molecule has 70 valence electrons. The Morgan fingerprint density at radius 2 is 2.31 bits per heavy atom. The molecule has 0 aromatic carbocycles. The van der Waals surface area contributed by atoms with Gasteiger partial charge in [-0.15, -0.1) is 11.8 Å². The van der Waals surface area contributed by atoms with Gasteiger partial charge in [0.1, 0.15) is 5.15 Å². The average Bonchev–Trinajstić information content (AvgIpc) is 2.05. The van der Waals surface area contributed by atoms with Crippen LogP contribution in [-0.4, -0.2) is 28.4 Å². The zero-order chi connectivity index (χ0) is 9.10. The zero-order valence-electron chi connectivity index (χ0n) is 6.94. The first-order valence-corrected chi connectivity index (χ1v) is 5.43. The molecule has 5 heteroatoms. The Labute approximate surface area is 85.9 Å². The van der Waals surface area contributed by atoms with Gasteiger partial charge in [0, 0.05) is 5.75 Å². The lowest BCUT2D eigenvalue weighted by molar-refractivity contribution is 0.0455. The van der Waals surface area contributed by atoms with Crippen LogP contribution in [0, 0.1) is 0 Å². The molecule has 0 atom stereocenters. The fourth-order valence-corrected chi connectivity index (χ4v) is 1.97. The molecular formula is C8H9ClN2OS. The smallest absolute Gasteiger partial charge is 0.147 e. The molecule has 0 amide bonds. The van der Waals surface area contributed by atoms with Crippen LogP contribution in [-0.2, 0) is 10.5 Å². The normalized spacial score (nSPS) is 17.0. The van der Waals surface area contributed by atoms with E-state index in [4.69, 9.17) is 16.3 Å². The van der Waals surface area contributed by atoms with Crippen LogP contribution < -0.4 is 0 Å². The molecule has 0 unspecified atom stereocenters. The van der Waals surface area contributed by atoms with Gasteiger partial charge in [0.2, 0.25) is 0 Å². The quantitative estimate of drug-likeness (QED) is 0.772. The lowest BCUT2D eigenvalue weighted by Crippen LogP contribution is -2.30. The molecule has 1 fully saturated rings. The highest BCUT2D eigenvalue weighted by Crippen LogP contribution is 2.22. The summed E-state index contributed by atoms with van der Waals surface area (Å²) in [5, 5.41) is 1.08. The molecule has 1 aromatic rings. The van der Waals surface area contributed by atoms with Crippen molar-refractivity contribution < 1.29 is 4.74 Å². The number of hydrogen-bond donors (Lipinski definition) is 0. The SMILES string of the molecule is Clc1cnc(CSC2COC2)cn1. The van der Waals surface area contributed by atoms with E-state index in [1.807, 2.05) is 11.8 Å². The standard InChI is InChI=1S/C8H9ClN2OS/c9-8-2-10-6(1-11-8)5-13-7-3-12-4-7/h1-2,7H,3-5H2. The van der Waals surface area contributed by atoms with Gasteiger partial charge >= 0.3 is 0 Å². The van der Waals surface area contributed by atoms with Crippen LogP contribution in [0.15, 0.2) is 12.4 Å². The van der Waals surface area contributed by atoms with Gasteiger partial charge in [-0.25, -0.2) is 4.98 Å². The predicted octanol–water partition coefficient (Wildman–Crippen LogP) is 1.76. The van der Waals surface area contributed by atoms with Gasteiger partial charge in [0.15, 0.2) is 0 Å². The molecule has 0 aliphatic carbocycles. The molecule has 0 spiro atoms. The van der Waals surface area contributed by atoms with E-state index < -0.39 is 0 Å². The molecule has 0 bridgehead atoms. The second-order valence-electron chi connectivity index (χ2n) is 2.80. The van der Waals surface area contributed by atoms with E-state index in [0.29, 0.717) is 10.4 Å². The molecule has 3 nitrogen and oxygen atoms in total. The monoisotopic (exact) mass is 216 g/mol. The maximum atomic E-state index is 5.61. The number of halogens is 1. The van der Waals surface area contributed by atoms with E-state index in [1.165, 1.54) is 0 Å². The molecule has 1 aliphatic heterocycles. The maximum Gasteiger partial charge on any atom is 0.147 e. The van der Waals surface area contributed by atoms with Crippen molar-refractivity contribution >= 4 is 23.4 Å². The summed E-state index contributed by atoms with van der Waals surface area (Å²) in [7, 11) is 0. The molecule has 1 aliphatic rings. The molecule has 0 radical (unpaired) electrons. The van der Waals surface area contributed by atoms with Crippen LogP contribution in [0.2, 0.25) is 5.15 Å². The van der Waals surface area contributed by atoms with Gasteiger partial charge in [-0.3, -0.25) is 4.98 Å². The van der Waals surface area contributed by atoms with E-state index in [1.54, 1.807) is 12.4 Å². The van der Waals surface area contributed by atoms with E-state index in [-0.39, 0.29) is 0 Å². The summed E-state index contributed by atoms with van der Waals surface area (Å²) in [6.07, 6.45) is 3.30. The summed E-state index contributed by atoms with van der Waals surface area (Å²) in [6.45, 7) is 1.73. The molecule has 0 saturated carbocycles. The summed E-state index contributed by atoms with van der Waals surface area (Å²) in [5.41, 5.74) is 0.973. The van der Waals surface area contributed by atoms with Crippen LogP contribution in [0.5, 0.6) is 0 Å².